The zero-order valence-corrected chi connectivity index (χ0v) is 11.0. The van der Waals surface area contributed by atoms with Gasteiger partial charge in [-0.2, -0.15) is 0 Å². The van der Waals surface area contributed by atoms with Gasteiger partial charge in [0.15, 0.2) is 0 Å². The Kier molecular flexibility index (Phi) is 5.30. The molecule has 1 rings (SSSR count). The van der Waals surface area contributed by atoms with Crippen molar-refractivity contribution in [3.8, 4) is 5.75 Å². The summed E-state index contributed by atoms with van der Waals surface area (Å²) in [6.45, 7) is 5.27. The topological polar surface area (TPSA) is 9.23 Å². The van der Waals surface area contributed by atoms with Crippen LogP contribution in [0.15, 0.2) is 24.3 Å². The van der Waals surface area contributed by atoms with Gasteiger partial charge in [0.25, 0.3) is 0 Å². The third-order valence-electron chi connectivity index (χ3n) is 2.45. The Hall–Kier alpha value is -0.250. The van der Waals surface area contributed by atoms with Crippen molar-refractivity contribution in [3.05, 3.63) is 27.8 Å². The number of benzene rings is 1. The van der Waals surface area contributed by atoms with E-state index in [0.717, 1.165) is 12.4 Å². The summed E-state index contributed by atoms with van der Waals surface area (Å²) in [5, 5.41) is 0. The molecule has 14 heavy (non-hydrogen) atoms. The van der Waals surface area contributed by atoms with Crippen molar-refractivity contribution in [1.29, 1.82) is 0 Å². The van der Waals surface area contributed by atoms with Crippen LogP contribution in [-0.2, 0) is 0 Å². The summed E-state index contributed by atoms with van der Waals surface area (Å²) in [6, 6.07) is 8.21. The first-order valence-electron chi connectivity index (χ1n) is 5.14. The molecule has 0 fully saturated rings. The predicted octanol–water partition coefficient (Wildman–Crippen LogP) is 4.11. The SMILES string of the molecule is CCC(CC)COc1ccc(I)cc1. The van der Waals surface area contributed by atoms with Crippen LogP contribution in [-0.4, -0.2) is 6.61 Å². The first-order chi connectivity index (χ1) is 6.76. The molecule has 0 bridgehead atoms. The highest BCUT2D eigenvalue weighted by Crippen LogP contribution is 2.16. The zero-order chi connectivity index (χ0) is 10.4. The van der Waals surface area contributed by atoms with Crippen LogP contribution < -0.4 is 4.74 Å². The first-order valence-corrected chi connectivity index (χ1v) is 6.22. The second-order valence-corrected chi connectivity index (χ2v) is 4.69. The third-order valence-corrected chi connectivity index (χ3v) is 3.17. The quantitative estimate of drug-likeness (QED) is 0.744. The lowest BCUT2D eigenvalue weighted by molar-refractivity contribution is 0.240. The normalized spacial score (nSPS) is 10.6. The van der Waals surface area contributed by atoms with Crippen LogP contribution in [0.5, 0.6) is 5.75 Å². The smallest absolute Gasteiger partial charge is 0.119 e. The minimum absolute atomic E-state index is 0.689. The lowest BCUT2D eigenvalue weighted by Gasteiger charge is -2.13. The Morgan fingerprint density at radius 2 is 1.71 bits per heavy atom. The van der Waals surface area contributed by atoms with Gasteiger partial charge < -0.3 is 4.74 Å². The molecule has 0 saturated carbocycles. The van der Waals surface area contributed by atoms with Crippen LogP contribution >= 0.6 is 22.6 Å². The number of rotatable bonds is 5. The molecule has 0 amide bonds. The fraction of sp³-hybridized carbons (Fsp3) is 0.500. The highest BCUT2D eigenvalue weighted by Gasteiger charge is 2.03. The number of halogens is 1. The van der Waals surface area contributed by atoms with Crippen LogP contribution in [0.1, 0.15) is 26.7 Å². The van der Waals surface area contributed by atoms with Gasteiger partial charge in [-0.05, 0) is 52.8 Å². The first kappa shape index (κ1) is 11.8. The van der Waals surface area contributed by atoms with Crippen molar-refractivity contribution in [1.82, 2.24) is 0 Å². The molecule has 0 aliphatic heterocycles. The summed E-state index contributed by atoms with van der Waals surface area (Å²) in [5.74, 6) is 1.67. The molecule has 0 heterocycles. The Morgan fingerprint density at radius 1 is 1.14 bits per heavy atom. The highest BCUT2D eigenvalue weighted by atomic mass is 127. The van der Waals surface area contributed by atoms with Gasteiger partial charge in [0.1, 0.15) is 5.75 Å². The van der Waals surface area contributed by atoms with E-state index in [9.17, 15) is 0 Å². The maximum atomic E-state index is 5.70. The minimum Gasteiger partial charge on any atom is -0.493 e. The Balaban J connectivity index is 2.41. The lowest BCUT2D eigenvalue weighted by atomic mass is 10.1. The Labute approximate surface area is 100.0 Å². The molecule has 0 unspecified atom stereocenters. The van der Waals surface area contributed by atoms with Crippen molar-refractivity contribution in [2.75, 3.05) is 6.61 Å². The molecule has 1 aromatic rings. The Bertz CT molecular complexity index is 252. The van der Waals surface area contributed by atoms with Crippen molar-refractivity contribution in [3.63, 3.8) is 0 Å². The van der Waals surface area contributed by atoms with Crippen LogP contribution in [0.3, 0.4) is 0 Å². The summed E-state index contributed by atoms with van der Waals surface area (Å²) in [4.78, 5) is 0. The molecule has 1 nitrogen and oxygen atoms in total. The lowest BCUT2D eigenvalue weighted by Crippen LogP contribution is -2.09. The molecule has 0 aromatic heterocycles. The van der Waals surface area contributed by atoms with Crippen molar-refractivity contribution >= 4 is 22.6 Å². The van der Waals surface area contributed by atoms with Crippen LogP contribution in [0.4, 0.5) is 0 Å². The Morgan fingerprint density at radius 3 is 2.21 bits per heavy atom. The van der Waals surface area contributed by atoms with E-state index >= 15 is 0 Å². The minimum atomic E-state index is 0.689. The highest BCUT2D eigenvalue weighted by molar-refractivity contribution is 14.1. The van der Waals surface area contributed by atoms with Crippen molar-refractivity contribution in [2.24, 2.45) is 5.92 Å². The molecule has 0 N–H and O–H groups in total. The van der Waals surface area contributed by atoms with Crippen LogP contribution in [0, 0.1) is 9.49 Å². The fourth-order valence-corrected chi connectivity index (χ4v) is 1.63. The van der Waals surface area contributed by atoms with Gasteiger partial charge in [0, 0.05) is 3.57 Å². The van der Waals surface area contributed by atoms with E-state index < -0.39 is 0 Å². The molecule has 78 valence electrons. The monoisotopic (exact) mass is 304 g/mol. The maximum absolute atomic E-state index is 5.70. The number of ether oxygens (including phenoxy) is 1. The van der Waals surface area contributed by atoms with Gasteiger partial charge in [-0.3, -0.25) is 0 Å². The average molecular weight is 304 g/mol. The summed E-state index contributed by atoms with van der Waals surface area (Å²) in [5.41, 5.74) is 0. The summed E-state index contributed by atoms with van der Waals surface area (Å²) in [6.07, 6.45) is 2.39. The van der Waals surface area contributed by atoms with Gasteiger partial charge in [-0.1, -0.05) is 26.7 Å². The molecular formula is C12H17IO. The zero-order valence-electron chi connectivity index (χ0n) is 8.79. The van der Waals surface area contributed by atoms with E-state index in [-0.39, 0.29) is 0 Å². The number of hydrogen-bond acceptors (Lipinski definition) is 1. The van der Waals surface area contributed by atoms with Crippen LogP contribution in [0.2, 0.25) is 0 Å². The van der Waals surface area contributed by atoms with Crippen molar-refractivity contribution in [2.45, 2.75) is 26.7 Å². The molecule has 0 saturated heterocycles. The van der Waals surface area contributed by atoms with E-state index in [4.69, 9.17) is 4.74 Å². The summed E-state index contributed by atoms with van der Waals surface area (Å²) >= 11 is 2.30. The maximum Gasteiger partial charge on any atom is 0.119 e. The molecule has 1 aromatic carbocycles. The van der Waals surface area contributed by atoms with Gasteiger partial charge in [-0.15, -0.1) is 0 Å². The second kappa shape index (κ2) is 6.27. The summed E-state index contributed by atoms with van der Waals surface area (Å²) in [7, 11) is 0. The van der Waals surface area contributed by atoms with Gasteiger partial charge >= 0.3 is 0 Å². The molecule has 0 aliphatic rings. The van der Waals surface area contributed by atoms with Crippen LogP contribution in [0.25, 0.3) is 0 Å². The molecule has 0 atom stereocenters. The summed E-state index contributed by atoms with van der Waals surface area (Å²) < 4.78 is 6.95. The molecular weight excluding hydrogens is 287 g/mol. The van der Waals surface area contributed by atoms with Gasteiger partial charge in [0.2, 0.25) is 0 Å². The third kappa shape index (κ3) is 3.86. The largest absolute Gasteiger partial charge is 0.493 e. The molecule has 0 aliphatic carbocycles. The average Bonchev–Trinajstić information content (AvgIpc) is 2.22. The standard InChI is InChI=1S/C12H17IO/c1-3-10(4-2)9-14-12-7-5-11(13)6-8-12/h5-8,10H,3-4,9H2,1-2H3. The molecule has 0 radical (unpaired) electrons. The number of hydrogen-bond donors (Lipinski definition) is 0. The van der Waals surface area contributed by atoms with Gasteiger partial charge in [0.05, 0.1) is 6.61 Å². The fourth-order valence-electron chi connectivity index (χ4n) is 1.27. The van der Waals surface area contributed by atoms with Gasteiger partial charge in [-0.25, -0.2) is 0 Å². The molecule has 0 spiro atoms. The molecule has 2 heteroatoms. The van der Waals surface area contributed by atoms with E-state index in [2.05, 4.69) is 48.6 Å². The van der Waals surface area contributed by atoms with E-state index in [0.29, 0.717) is 5.92 Å². The van der Waals surface area contributed by atoms with Crippen molar-refractivity contribution < 1.29 is 4.74 Å². The second-order valence-electron chi connectivity index (χ2n) is 3.45. The van der Waals surface area contributed by atoms with E-state index in [1.54, 1.807) is 0 Å². The van der Waals surface area contributed by atoms with E-state index in [1.807, 2.05) is 12.1 Å². The van der Waals surface area contributed by atoms with E-state index in [1.165, 1.54) is 16.4 Å². The predicted molar refractivity (Wildman–Crippen MR) is 68.7 cm³/mol.